The number of hydrogen-bond acceptors (Lipinski definition) is 3. The SMILES string of the molecule is CC(C)(N)c1ccc2c(c1)CC(C(=O)NO)CC2. The van der Waals surface area contributed by atoms with Gasteiger partial charge in [0.15, 0.2) is 0 Å². The van der Waals surface area contributed by atoms with E-state index in [2.05, 4.69) is 18.2 Å². The van der Waals surface area contributed by atoms with Gasteiger partial charge in [-0.25, -0.2) is 5.48 Å². The molecule has 1 unspecified atom stereocenters. The lowest BCUT2D eigenvalue weighted by Crippen LogP contribution is -2.33. The lowest BCUT2D eigenvalue weighted by atomic mass is 9.81. The van der Waals surface area contributed by atoms with Gasteiger partial charge in [-0.3, -0.25) is 10.0 Å². The van der Waals surface area contributed by atoms with Crippen LogP contribution in [0.5, 0.6) is 0 Å². The van der Waals surface area contributed by atoms with Crippen LogP contribution in [0, 0.1) is 5.92 Å². The second-order valence-corrected chi connectivity index (χ2v) is 5.62. The van der Waals surface area contributed by atoms with Gasteiger partial charge in [0.05, 0.1) is 0 Å². The molecule has 0 fully saturated rings. The zero-order valence-electron chi connectivity index (χ0n) is 10.9. The number of rotatable bonds is 2. The number of aryl methyl sites for hydroxylation is 1. The summed E-state index contributed by atoms with van der Waals surface area (Å²) < 4.78 is 0. The Morgan fingerprint density at radius 1 is 1.44 bits per heavy atom. The molecule has 0 radical (unpaired) electrons. The quantitative estimate of drug-likeness (QED) is 0.548. The van der Waals surface area contributed by atoms with Gasteiger partial charge in [-0.2, -0.15) is 0 Å². The molecule has 4 heteroatoms. The average Bonchev–Trinajstić information content (AvgIpc) is 2.35. The smallest absolute Gasteiger partial charge is 0.246 e. The van der Waals surface area contributed by atoms with Crippen molar-refractivity contribution in [3.63, 3.8) is 0 Å². The minimum absolute atomic E-state index is 0.140. The number of nitrogens with two attached hydrogens (primary N) is 1. The maximum Gasteiger partial charge on any atom is 0.246 e. The number of nitrogens with one attached hydrogen (secondary N) is 1. The molecule has 0 aromatic heterocycles. The molecule has 1 aliphatic rings. The lowest BCUT2D eigenvalue weighted by Gasteiger charge is -2.26. The lowest BCUT2D eigenvalue weighted by molar-refractivity contribution is -0.133. The van der Waals surface area contributed by atoms with E-state index in [1.807, 2.05) is 13.8 Å². The fourth-order valence-electron chi connectivity index (χ4n) is 2.47. The summed E-state index contributed by atoms with van der Waals surface area (Å²) in [4.78, 5) is 11.5. The zero-order chi connectivity index (χ0) is 13.3. The summed E-state index contributed by atoms with van der Waals surface area (Å²) in [5, 5.41) is 8.70. The minimum Gasteiger partial charge on any atom is -0.322 e. The fraction of sp³-hybridized carbons (Fsp3) is 0.500. The first-order valence-corrected chi connectivity index (χ1v) is 6.27. The topological polar surface area (TPSA) is 75.4 Å². The molecule has 1 aromatic carbocycles. The van der Waals surface area contributed by atoms with Gasteiger partial charge < -0.3 is 5.73 Å². The van der Waals surface area contributed by atoms with Crippen molar-refractivity contribution < 1.29 is 10.0 Å². The first-order chi connectivity index (χ1) is 8.41. The first-order valence-electron chi connectivity index (χ1n) is 6.27. The third-order valence-electron chi connectivity index (χ3n) is 3.66. The predicted octanol–water partition coefficient (Wildman–Crippen LogP) is 1.49. The number of hydroxylamine groups is 1. The van der Waals surface area contributed by atoms with Gasteiger partial charge in [-0.15, -0.1) is 0 Å². The molecule has 0 bridgehead atoms. The Bertz CT molecular complexity index is 463. The zero-order valence-corrected chi connectivity index (χ0v) is 10.9. The van der Waals surface area contributed by atoms with Crippen molar-refractivity contribution in [3.8, 4) is 0 Å². The maximum atomic E-state index is 11.5. The van der Waals surface area contributed by atoms with Gasteiger partial charge in [0.2, 0.25) is 5.91 Å². The molecule has 1 aromatic rings. The van der Waals surface area contributed by atoms with Crippen LogP contribution in [0.2, 0.25) is 0 Å². The van der Waals surface area contributed by atoms with Crippen molar-refractivity contribution in [1.82, 2.24) is 5.48 Å². The Labute approximate surface area is 107 Å². The summed E-state index contributed by atoms with van der Waals surface area (Å²) in [5.74, 6) is -0.434. The normalized spacial score (nSPS) is 19.2. The second-order valence-electron chi connectivity index (χ2n) is 5.62. The second kappa shape index (κ2) is 4.71. The molecule has 0 spiro atoms. The Balaban J connectivity index is 2.27. The Hall–Kier alpha value is -1.39. The average molecular weight is 248 g/mol. The highest BCUT2D eigenvalue weighted by Gasteiger charge is 2.25. The van der Waals surface area contributed by atoms with Crippen molar-refractivity contribution in [2.24, 2.45) is 11.7 Å². The molecule has 4 nitrogen and oxygen atoms in total. The van der Waals surface area contributed by atoms with Gasteiger partial charge in [-0.1, -0.05) is 18.2 Å². The van der Waals surface area contributed by atoms with Gasteiger partial charge in [0, 0.05) is 11.5 Å². The number of benzene rings is 1. The molecule has 2 rings (SSSR count). The molecule has 1 atom stereocenters. The number of hydrogen-bond donors (Lipinski definition) is 3. The third-order valence-corrected chi connectivity index (χ3v) is 3.66. The molecule has 0 heterocycles. The highest BCUT2D eigenvalue weighted by Crippen LogP contribution is 2.29. The highest BCUT2D eigenvalue weighted by atomic mass is 16.5. The third kappa shape index (κ3) is 2.54. The van der Waals surface area contributed by atoms with E-state index in [1.165, 1.54) is 11.1 Å². The van der Waals surface area contributed by atoms with E-state index in [4.69, 9.17) is 10.9 Å². The van der Waals surface area contributed by atoms with E-state index in [-0.39, 0.29) is 17.4 Å². The summed E-state index contributed by atoms with van der Waals surface area (Å²) in [6.07, 6.45) is 2.33. The number of fused-ring (bicyclic) bond motifs is 1. The molecule has 0 saturated carbocycles. The van der Waals surface area contributed by atoms with Gasteiger partial charge in [0.1, 0.15) is 0 Å². The van der Waals surface area contributed by atoms with E-state index < -0.39 is 0 Å². The molecule has 0 saturated heterocycles. The number of carbonyl (C=O) groups excluding carboxylic acids is 1. The first kappa shape index (κ1) is 13.1. The van der Waals surface area contributed by atoms with E-state index in [0.717, 1.165) is 18.4 Å². The van der Waals surface area contributed by atoms with Crippen LogP contribution in [0.25, 0.3) is 0 Å². The summed E-state index contributed by atoms with van der Waals surface area (Å²) in [7, 11) is 0. The number of amides is 1. The van der Waals surface area contributed by atoms with E-state index in [9.17, 15) is 4.79 Å². The van der Waals surface area contributed by atoms with Crippen molar-refractivity contribution in [1.29, 1.82) is 0 Å². The monoisotopic (exact) mass is 248 g/mol. The molecule has 1 aliphatic carbocycles. The fourth-order valence-corrected chi connectivity index (χ4v) is 2.47. The number of carbonyl (C=O) groups is 1. The van der Waals surface area contributed by atoms with Crippen molar-refractivity contribution >= 4 is 5.91 Å². The van der Waals surface area contributed by atoms with Gasteiger partial charge >= 0.3 is 0 Å². The van der Waals surface area contributed by atoms with Crippen LogP contribution >= 0.6 is 0 Å². The molecule has 1 amide bonds. The Morgan fingerprint density at radius 2 is 2.17 bits per heavy atom. The van der Waals surface area contributed by atoms with Crippen LogP contribution in [-0.4, -0.2) is 11.1 Å². The summed E-state index contributed by atoms with van der Waals surface area (Å²) >= 11 is 0. The van der Waals surface area contributed by atoms with Crippen LogP contribution in [0.15, 0.2) is 18.2 Å². The van der Waals surface area contributed by atoms with Crippen molar-refractivity contribution in [3.05, 3.63) is 34.9 Å². The van der Waals surface area contributed by atoms with Gasteiger partial charge in [-0.05, 0) is 49.8 Å². The maximum absolute atomic E-state index is 11.5. The van der Waals surface area contributed by atoms with Crippen molar-refractivity contribution in [2.45, 2.75) is 38.6 Å². The molecular weight excluding hydrogens is 228 g/mol. The molecule has 18 heavy (non-hydrogen) atoms. The van der Waals surface area contributed by atoms with E-state index in [1.54, 1.807) is 5.48 Å². The molecule has 0 aliphatic heterocycles. The standard InChI is InChI=1S/C14H20N2O2/c1-14(2,15)12-6-5-9-3-4-10(13(17)16-18)7-11(9)8-12/h5-6,8,10,18H,3-4,7,15H2,1-2H3,(H,16,17). The Morgan fingerprint density at radius 3 is 2.78 bits per heavy atom. The van der Waals surface area contributed by atoms with Crippen molar-refractivity contribution in [2.75, 3.05) is 0 Å². The molecular formula is C14H20N2O2. The largest absolute Gasteiger partial charge is 0.322 e. The van der Waals surface area contributed by atoms with Crippen LogP contribution in [0.1, 0.15) is 37.0 Å². The van der Waals surface area contributed by atoms with Crippen LogP contribution < -0.4 is 11.2 Å². The summed E-state index contributed by atoms with van der Waals surface area (Å²) in [6.45, 7) is 3.94. The van der Waals surface area contributed by atoms with Crippen LogP contribution in [0.3, 0.4) is 0 Å². The molecule has 4 N–H and O–H groups in total. The highest BCUT2D eigenvalue weighted by molar-refractivity contribution is 5.78. The summed E-state index contributed by atoms with van der Waals surface area (Å²) in [5.41, 5.74) is 11.0. The predicted molar refractivity (Wildman–Crippen MR) is 69.1 cm³/mol. The van der Waals surface area contributed by atoms with E-state index >= 15 is 0 Å². The minimum atomic E-state index is -0.374. The van der Waals surface area contributed by atoms with Gasteiger partial charge in [0.25, 0.3) is 0 Å². The summed E-state index contributed by atoms with van der Waals surface area (Å²) in [6, 6.07) is 6.25. The Kier molecular flexibility index (Phi) is 3.41. The molecule has 98 valence electrons. The van der Waals surface area contributed by atoms with E-state index in [0.29, 0.717) is 6.42 Å². The van der Waals surface area contributed by atoms with Crippen LogP contribution in [-0.2, 0) is 23.2 Å². The van der Waals surface area contributed by atoms with Crippen LogP contribution in [0.4, 0.5) is 0 Å².